The summed E-state index contributed by atoms with van der Waals surface area (Å²) in [6.45, 7) is 3.55. The van der Waals surface area contributed by atoms with Gasteiger partial charge in [0, 0.05) is 10.6 Å². The summed E-state index contributed by atoms with van der Waals surface area (Å²) in [6.07, 6.45) is 3.85. The lowest BCUT2D eigenvalue weighted by molar-refractivity contribution is -0.122. The molecule has 1 aromatic heterocycles. The Morgan fingerprint density at radius 3 is 2.72 bits per heavy atom. The van der Waals surface area contributed by atoms with E-state index in [0.717, 1.165) is 24.0 Å². The van der Waals surface area contributed by atoms with Gasteiger partial charge in [0.25, 0.3) is 5.91 Å². The van der Waals surface area contributed by atoms with Gasteiger partial charge in [0.1, 0.15) is 5.75 Å². The summed E-state index contributed by atoms with van der Waals surface area (Å²) in [6, 6.07) is 11.5. The Morgan fingerprint density at radius 2 is 1.93 bits per heavy atom. The molecule has 0 fully saturated rings. The number of aromatic nitrogens is 2. The predicted molar refractivity (Wildman–Crippen MR) is 111 cm³/mol. The number of ether oxygens (including phenoxy) is 1. The van der Waals surface area contributed by atoms with E-state index >= 15 is 0 Å². The van der Waals surface area contributed by atoms with Crippen LogP contribution >= 0.6 is 11.6 Å². The van der Waals surface area contributed by atoms with E-state index in [-0.39, 0.29) is 11.7 Å². The van der Waals surface area contributed by atoms with E-state index in [1.165, 1.54) is 24.0 Å². The van der Waals surface area contributed by atoms with Gasteiger partial charge in [-0.2, -0.15) is 0 Å². The molecule has 4 rings (SSSR count). The van der Waals surface area contributed by atoms with Crippen molar-refractivity contribution < 1.29 is 14.2 Å². The van der Waals surface area contributed by atoms with Gasteiger partial charge in [0.15, 0.2) is 11.8 Å². The molecule has 6 nitrogen and oxygen atoms in total. The van der Waals surface area contributed by atoms with Crippen molar-refractivity contribution in [2.45, 2.75) is 45.6 Å². The van der Waals surface area contributed by atoms with Crippen LogP contribution in [0.25, 0.3) is 11.3 Å². The van der Waals surface area contributed by atoms with Gasteiger partial charge in [0.05, 0.1) is 0 Å². The van der Waals surface area contributed by atoms with Crippen molar-refractivity contribution in [1.82, 2.24) is 10.3 Å². The summed E-state index contributed by atoms with van der Waals surface area (Å²) >= 11 is 6.03. The smallest absolute Gasteiger partial charge is 0.266 e. The fraction of sp³-hybridized carbons (Fsp3) is 0.318. The maximum absolute atomic E-state index is 12.6. The molecule has 0 radical (unpaired) electrons. The third-order valence-corrected chi connectivity index (χ3v) is 5.59. The number of hydrogen-bond donors (Lipinski definition) is 1. The molecule has 29 heavy (non-hydrogen) atoms. The molecular formula is C22H22ClN3O3. The van der Waals surface area contributed by atoms with Crippen LogP contribution in [0.3, 0.4) is 0 Å². The lowest BCUT2D eigenvalue weighted by atomic mass is 9.90. The number of aryl methyl sites for hydroxylation is 3. The number of carbonyl (C=O) groups excluding carboxylic acids is 1. The average molecular weight is 412 g/mol. The average Bonchev–Trinajstić information content (AvgIpc) is 3.18. The molecule has 0 spiro atoms. The van der Waals surface area contributed by atoms with Crippen LogP contribution in [-0.4, -0.2) is 22.3 Å². The fourth-order valence-electron chi connectivity index (χ4n) is 3.51. The second-order valence-corrected chi connectivity index (χ2v) is 7.72. The molecule has 0 saturated heterocycles. The SMILES string of the molecule is Cc1cc(OC(C)C(=O)Nc2nonc2-c2ccc3c(c2)CCCC3)ccc1Cl. The summed E-state index contributed by atoms with van der Waals surface area (Å²) in [5.41, 5.74) is 4.98. The number of fused-ring (bicyclic) bond motifs is 1. The molecule has 1 aliphatic carbocycles. The summed E-state index contributed by atoms with van der Waals surface area (Å²) < 4.78 is 10.6. The Hall–Kier alpha value is -2.86. The normalized spacial score (nSPS) is 14.2. The van der Waals surface area contributed by atoms with E-state index in [1.54, 1.807) is 25.1 Å². The lowest BCUT2D eigenvalue weighted by Crippen LogP contribution is -2.30. The Morgan fingerprint density at radius 1 is 1.14 bits per heavy atom. The van der Waals surface area contributed by atoms with Crippen LogP contribution in [0, 0.1) is 6.92 Å². The highest BCUT2D eigenvalue weighted by molar-refractivity contribution is 6.31. The standard InChI is InChI=1S/C22H22ClN3O3/c1-13-11-18(9-10-19(13)23)28-14(2)22(27)24-21-20(25-29-26-21)17-8-7-15-5-3-4-6-16(15)12-17/h7-12,14H,3-6H2,1-2H3,(H,24,26,27). The fourth-order valence-corrected chi connectivity index (χ4v) is 3.62. The number of carbonyl (C=O) groups is 1. The first kappa shape index (κ1) is 19.5. The highest BCUT2D eigenvalue weighted by Gasteiger charge is 2.21. The number of nitrogens with zero attached hydrogens (tertiary/aromatic N) is 2. The van der Waals surface area contributed by atoms with E-state index in [9.17, 15) is 4.79 Å². The topological polar surface area (TPSA) is 77.2 Å². The van der Waals surface area contributed by atoms with Crippen LogP contribution in [0.15, 0.2) is 41.0 Å². The molecule has 150 valence electrons. The van der Waals surface area contributed by atoms with Crippen LogP contribution in [0.4, 0.5) is 5.82 Å². The van der Waals surface area contributed by atoms with E-state index in [4.69, 9.17) is 21.0 Å². The van der Waals surface area contributed by atoms with Crippen molar-refractivity contribution in [2.24, 2.45) is 0 Å². The van der Waals surface area contributed by atoms with Crippen molar-refractivity contribution in [3.8, 4) is 17.0 Å². The second-order valence-electron chi connectivity index (χ2n) is 7.31. The van der Waals surface area contributed by atoms with E-state index in [1.807, 2.05) is 13.0 Å². The number of hydrogen-bond acceptors (Lipinski definition) is 5. The van der Waals surface area contributed by atoms with Crippen LogP contribution in [0.1, 0.15) is 36.5 Å². The first-order chi connectivity index (χ1) is 14.0. The van der Waals surface area contributed by atoms with Crippen molar-refractivity contribution in [2.75, 3.05) is 5.32 Å². The van der Waals surface area contributed by atoms with Crippen LogP contribution in [-0.2, 0) is 17.6 Å². The van der Waals surface area contributed by atoms with Crippen LogP contribution < -0.4 is 10.1 Å². The second kappa shape index (κ2) is 8.25. The minimum absolute atomic E-state index is 0.286. The van der Waals surface area contributed by atoms with E-state index in [2.05, 4.69) is 27.8 Å². The van der Waals surface area contributed by atoms with Crippen molar-refractivity contribution in [1.29, 1.82) is 0 Å². The maximum Gasteiger partial charge on any atom is 0.266 e. The number of anilines is 1. The molecule has 1 amide bonds. The molecule has 1 unspecified atom stereocenters. The maximum atomic E-state index is 12.6. The van der Waals surface area contributed by atoms with Gasteiger partial charge in [-0.25, -0.2) is 4.63 Å². The zero-order chi connectivity index (χ0) is 20.4. The highest BCUT2D eigenvalue weighted by Crippen LogP contribution is 2.30. The van der Waals surface area contributed by atoms with E-state index in [0.29, 0.717) is 16.5 Å². The number of rotatable bonds is 5. The Kier molecular flexibility index (Phi) is 5.53. The molecular weight excluding hydrogens is 390 g/mol. The van der Waals surface area contributed by atoms with E-state index < -0.39 is 6.10 Å². The molecule has 1 aliphatic rings. The van der Waals surface area contributed by atoms with Gasteiger partial charge in [-0.15, -0.1) is 0 Å². The zero-order valence-electron chi connectivity index (χ0n) is 16.4. The monoisotopic (exact) mass is 411 g/mol. The van der Waals surface area contributed by atoms with Gasteiger partial charge in [-0.05, 0) is 90.8 Å². The Labute approximate surface area is 174 Å². The third kappa shape index (κ3) is 4.27. The lowest BCUT2D eigenvalue weighted by Gasteiger charge is -2.16. The third-order valence-electron chi connectivity index (χ3n) is 5.16. The molecule has 3 aromatic rings. The summed E-state index contributed by atoms with van der Waals surface area (Å²) in [5, 5.41) is 11.3. The van der Waals surface area contributed by atoms with Crippen molar-refractivity contribution >= 4 is 23.3 Å². The number of benzene rings is 2. The summed E-state index contributed by atoms with van der Waals surface area (Å²) in [4.78, 5) is 12.6. The quantitative estimate of drug-likeness (QED) is 0.640. The molecule has 1 N–H and O–H groups in total. The molecule has 2 aromatic carbocycles. The zero-order valence-corrected chi connectivity index (χ0v) is 17.1. The number of halogens is 1. The van der Waals surface area contributed by atoms with Gasteiger partial charge >= 0.3 is 0 Å². The first-order valence-corrected chi connectivity index (χ1v) is 10.1. The summed E-state index contributed by atoms with van der Waals surface area (Å²) in [5.74, 6) is 0.517. The molecule has 0 bridgehead atoms. The summed E-state index contributed by atoms with van der Waals surface area (Å²) in [7, 11) is 0. The van der Waals surface area contributed by atoms with Crippen molar-refractivity contribution in [3.05, 3.63) is 58.1 Å². The number of amides is 1. The molecule has 1 heterocycles. The van der Waals surface area contributed by atoms with Crippen molar-refractivity contribution in [3.63, 3.8) is 0 Å². The Bertz CT molecular complexity index is 1050. The predicted octanol–water partition coefficient (Wildman–Crippen LogP) is 4.98. The molecule has 0 aliphatic heterocycles. The van der Waals surface area contributed by atoms with Gasteiger partial charge in [-0.1, -0.05) is 23.7 Å². The van der Waals surface area contributed by atoms with Crippen LogP contribution in [0.2, 0.25) is 5.02 Å². The van der Waals surface area contributed by atoms with Gasteiger partial charge in [0.2, 0.25) is 5.82 Å². The molecule has 0 saturated carbocycles. The molecule has 1 atom stereocenters. The van der Waals surface area contributed by atoms with Gasteiger partial charge in [-0.3, -0.25) is 4.79 Å². The highest BCUT2D eigenvalue weighted by atomic mass is 35.5. The largest absolute Gasteiger partial charge is 0.481 e. The van der Waals surface area contributed by atoms with Gasteiger partial charge < -0.3 is 10.1 Å². The van der Waals surface area contributed by atoms with Crippen LogP contribution in [0.5, 0.6) is 5.75 Å². The molecule has 7 heteroatoms. The Balaban J connectivity index is 1.48. The number of nitrogens with one attached hydrogen (secondary N) is 1. The minimum atomic E-state index is -0.733. The minimum Gasteiger partial charge on any atom is -0.481 e. The first-order valence-electron chi connectivity index (χ1n) is 9.69.